The van der Waals surface area contributed by atoms with Gasteiger partial charge in [0, 0.05) is 49.9 Å². The Labute approximate surface area is 142 Å². The maximum Gasteiger partial charge on any atom is 0.137 e. The van der Waals surface area contributed by atoms with Crippen LogP contribution in [0.3, 0.4) is 0 Å². The van der Waals surface area contributed by atoms with E-state index in [9.17, 15) is 0 Å². The summed E-state index contributed by atoms with van der Waals surface area (Å²) >= 11 is 6.41. The highest BCUT2D eigenvalue weighted by Crippen LogP contribution is 2.29. The van der Waals surface area contributed by atoms with Crippen LogP contribution in [0.25, 0.3) is 0 Å². The minimum atomic E-state index is 0.704. The molecule has 0 radical (unpaired) electrons. The molecule has 1 aromatic carbocycles. The van der Waals surface area contributed by atoms with Gasteiger partial charge in [0.1, 0.15) is 11.6 Å². The molecule has 0 saturated heterocycles. The normalized spacial score (nSPS) is 14.6. The number of aryl methyl sites for hydroxylation is 1. The zero-order chi connectivity index (χ0) is 16.2. The number of rotatable bonds is 5. The molecule has 23 heavy (non-hydrogen) atoms. The third-order valence-corrected chi connectivity index (χ3v) is 4.62. The molecule has 0 atom stereocenters. The molecule has 1 aromatic heterocycles. The third-order valence-electron chi connectivity index (χ3n) is 4.19. The number of hydrogen-bond donors (Lipinski definition) is 0. The van der Waals surface area contributed by atoms with Crippen LogP contribution in [-0.4, -0.2) is 28.5 Å². The highest BCUT2D eigenvalue weighted by atomic mass is 35.5. The Morgan fingerprint density at radius 2 is 2.22 bits per heavy atom. The van der Waals surface area contributed by atoms with Crippen molar-refractivity contribution in [2.75, 3.05) is 13.7 Å². The monoisotopic (exact) mass is 331 g/mol. The fraction of sp³-hybridized carbons (Fsp3) is 0.444. The molecule has 0 fully saturated rings. The molecule has 0 bridgehead atoms. The minimum absolute atomic E-state index is 0.704. The Kier molecular flexibility index (Phi) is 5.13. The van der Waals surface area contributed by atoms with Crippen LogP contribution in [0, 0.1) is 0 Å². The largest absolute Gasteiger partial charge is 0.495 e. The third kappa shape index (κ3) is 3.65. The molecule has 0 unspecified atom stereocenters. The Hall–Kier alpha value is -1.65. The van der Waals surface area contributed by atoms with Crippen molar-refractivity contribution >= 4 is 11.6 Å². The summed E-state index contributed by atoms with van der Waals surface area (Å²) in [5, 5.41) is 0.704. The van der Waals surface area contributed by atoms with Crippen LogP contribution in [0.1, 0.15) is 36.0 Å². The number of ether oxygens (including phenoxy) is 1. The molecule has 2 aromatic rings. The zero-order valence-electron chi connectivity index (χ0n) is 13.7. The van der Waals surface area contributed by atoms with Crippen LogP contribution >= 0.6 is 11.6 Å². The Bertz CT molecular complexity index is 690. The van der Waals surface area contributed by atoms with Crippen LogP contribution in [-0.2, 0) is 25.9 Å². The smallest absolute Gasteiger partial charge is 0.137 e. The van der Waals surface area contributed by atoms with E-state index in [1.165, 1.54) is 11.3 Å². The lowest BCUT2D eigenvalue weighted by atomic mass is 10.1. The van der Waals surface area contributed by atoms with E-state index >= 15 is 0 Å². The van der Waals surface area contributed by atoms with E-state index in [1.54, 1.807) is 7.11 Å². The molecule has 2 heterocycles. The molecule has 0 saturated carbocycles. The van der Waals surface area contributed by atoms with Gasteiger partial charge in [0.2, 0.25) is 0 Å². The van der Waals surface area contributed by atoms with Crippen molar-refractivity contribution < 1.29 is 4.74 Å². The lowest BCUT2D eigenvalue weighted by molar-refractivity contribution is 0.242. The number of methoxy groups -OCH3 is 1. The second-order valence-electron chi connectivity index (χ2n) is 5.90. The molecular weight excluding hydrogens is 310 g/mol. The van der Waals surface area contributed by atoms with Gasteiger partial charge in [0.25, 0.3) is 0 Å². The number of fused-ring (bicyclic) bond motifs is 1. The molecular formula is C18H22ClN3O. The van der Waals surface area contributed by atoms with Gasteiger partial charge >= 0.3 is 0 Å². The summed E-state index contributed by atoms with van der Waals surface area (Å²) in [7, 11) is 1.65. The van der Waals surface area contributed by atoms with Crippen LogP contribution in [0.15, 0.2) is 24.4 Å². The predicted octanol–water partition coefficient (Wildman–Crippen LogP) is 3.65. The van der Waals surface area contributed by atoms with Crippen molar-refractivity contribution in [2.24, 2.45) is 0 Å². The fourth-order valence-electron chi connectivity index (χ4n) is 2.97. The lowest BCUT2D eigenvalue weighted by Crippen LogP contribution is -2.31. The van der Waals surface area contributed by atoms with E-state index in [4.69, 9.17) is 21.3 Å². The summed E-state index contributed by atoms with van der Waals surface area (Å²) in [4.78, 5) is 11.6. The maximum absolute atomic E-state index is 6.41. The first-order valence-electron chi connectivity index (χ1n) is 8.08. The van der Waals surface area contributed by atoms with Gasteiger partial charge in [-0.25, -0.2) is 9.97 Å². The molecule has 0 amide bonds. The van der Waals surface area contributed by atoms with Crippen molar-refractivity contribution in [2.45, 2.75) is 39.3 Å². The second kappa shape index (κ2) is 7.28. The molecule has 122 valence electrons. The Morgan fingerprint density at radius 1 is 1.35 bits per heavy atom. The number of nitrogens with zero attached hydrogens (tertiary/aromatic N) is 3. The van der Waals surface area contributed by atoms with Gasteiger partial charge in [0.15, 0.2) is 0 Å². The number of halogens is 1. The molecule has 0 aliphatic carbocycles. The zero-order valence-corrected chi connectivity index (χ0v) is 14.4. The van der Waals surface area contributed by atoms with Gasteiger partial charge in [-0.3, -0.25) is 4.90 Å². The molecule has 0 spiro atoms. The van der Waals surface area contributed by atoms with Crippen molar-refractivity contribution in [1.82, 2.24) is 14.9 Å². The molecule has 3 rings (SSSR count). The molecule has 1 aliphatic heterocycles. The fourth-order valence-corrected chi connectivity index (χ4v) is 3.23. The average molecular weight is 332 g/mol. The van der Waals surface area contributed by atoms with E-state index < -0.39 is 0 Å². The van der Waals surface area contributed by atoms with Crippen LogP contribution in [0.4, 0.5) is 0 Å². The quantitative estimate of drug-likeness (QED) is 0.838. The van der Waals surface area contributed by atoms with Crippen LogP contribution in [0.2, 0.25) is 5.02 Å². The van der Waals surface area contributed by atoms with Gasteiger partial charge in [-0.05, 0) is 18.1 Å². The maximum atomic E-state index is 6.41. The van der Waals surface area contributed by atoms with Crippen molar-refractivity contribution in [3.63, 3.8) is 0 Å². The topological polar surface area (TPSA) is 38.2 Å². The van der Waals surface area contributed by atoms with Gasteiger partial charge in [-0.2, -0.15) is 0 Å². The van der Waals surface area contributed by atoms with E-state index in [-0.39, 0.29) is 0 Å². The Morgan fingerprint density at radius 3 is 3.00 bits per heavy atom. The van der Waals surface area contributed by atoms with E-state index in [0.717, 1.165) is 56.0 Å². The second-order valence-corrected chi connectivity index (χ2v) is 6.28. The van der Waals surface area contributed by atoms with Crippen molar-refractivity contribution in [3.05, 3.63) is 52.1 Å². The van der Waals surface area contributed by atoms with E-state index in [2.05, 4.69) is 22.9 Å². The van der Waals surface area contributed by atoms with Crippen molar-refractivity contribution in [3.8, 4) is 5.75 Å². The number of hydrogen-bond acceptors (Lipinski definition) is 4. The minimum Gasteiger partial charge on any atom is -0.495 e. The molecule has 1 aliphatic rings. The van der Waals surface area contributed by atoms with Crippen LogP contribution in [0.5, 0.6) is 5.75 Å². The predicted molar refractivity (Wildman–Crippen MR) is 91.8 cm³/mol. The SMILES string of the molecule is CCCc1ncc2c(n1)CCN(Cc1cccc(OC)c1Cl)C2. The first-order valence-corrected chi connectivity index (χ1v) is 8.46. The van der Waals surface area contributed by atoms with Crippen molar-refractivity contribution in [1.29, 1.82) is 0 Å². The highest BCUT2D eigenvalue weighted by Gasteiger charge is 2.19. The standard InChI is InChI=1S/C18H22ClN3O/c1-3-5-17-20-10-14-12-22(9-8-15(14)21-17)11-13-6-4-7-16(23-2)18(13)19/h4,6-7,10H,3,5,8-9,11-12H2,1-2H3. The first-order chi connectivity index (χ1) is 11.2. The summed E-state index contributed by atoms with van der Waals surface area (Å²) in [6.07, 6.45) is 5.00. The number of benzene rings is 1. The Balaban J connectivity index is 1.73. The highest BCUT2D eigenvalue weighted by molar-refractivity contribution is 6.32. The molecule has 4 nitrogen and oxygen atoms in total. The number of aromatic nitrogens is 2. The first kappa shape index (κ1) is 16.2. The lowest BCUT2D eigenvalue weighted by Gasteiger charge is -2.28. The van der Waals surface area contributed by atoms with E-state index in [1.807, 2.05) is 18.3 Å². The summed E-state index contributed by atoms with van der Waals surface area (Å²) in [6, 6.07) is 5.93. The summed E-state index contributed by atoms with van der Waals surface area (Å²) in [6.45, 7) is 4.83. The van der Waals surface area contributed by atoms with Gasteiger partial charge in [-0.1, -0.05) is 30.7 Å². The molecule has 0 N–H and O–H groups in total. The van der Waals surface area contributed by atoms with E-state index in [0.29, 0.717) is 5.02 Å². The van der Waals surface area contributed by atoms with Gasteiger partial charge in [-0.15, -0.1) is 0 Å². The summed E-state index contributed by atoms with van der Waals surface area (Å²) < 4.78 is 5.30. The summed E-state index contributed by atoms with van der Waals surface area (Å²) in [5.74, 6) is 1.70. The molecule has 5 heteroatoms. The average Bonchev–Trinajstić information content (AvgIpc) is 2.57. The summed E-state index contributed by atoms with van der Waals surface area (Å²) in [5.41, 5.74) is 3.53. The van der Waals surface area contributed by atoms with Crippen LogP contribution < -0.4 is 4.74 Å². The van der Waals surface area contributed by atoms with Gasteiger partial charge in [0.05, 0.1) is 12.1 Å². The van der Waals surface area contributed by atoms with Gasteiger partial charge < -0.3 is 4.74 Å².